The molecule has 57 heavy (non-hydrogen) atoms. The largest absolute Gasteiger partial charge is 0.456 e. The Bertz CT molecular complexity index is 3170. The van der Waals surface area contributed by atoms with Gasteiger partial charge in [0.25, 0.3) is 0 Å². The van der Waals surface area contributed by atoms with Crippen LogP contribution in [0, 0.1) is 0 Å². The number of fused-ring (bicyclic) bond motifs is 6. The van der Waals surface area contributed by atoms with Gasteiger partial charge < -0.3 is 13.9 Å². The molecule has 0 aliphatic heterocycles. The lowest BCUT2D eigenvalue weighted by Crippen LogP contribution is -2.11. The van der Waals surface area contributed by atoms with Gasteiger partial charge in [-0.15, -0.1) is 0 Å². The van der Waals surface area contributed by atoms with Gasteiger partial charge in [0.15, 0.2) is 0 Å². The van der Waals surface area contributed by atoms with Crippen LogP contribution in [0.15, 0.2) is 223 Å². The summed E-state index contributed by atoms with van der Waals surface area (Å²) < 4.78 is 8.77. The molecule has 0 spiro atoms. The quantitative estimate of drug-likeness (QED) is 0.163. The molecule has 0 aliphatic carbocycles. The van der Waals surface area contributed by atoms with Gasteiger partial charge in [0.1, 0.15) is 11.2 Å². The van der Waals surface area contributed by atoms with E-state index in [9.17, 15) is 0 Å². The number of aromatic nitrogens is 1. The third-order valence-corrected chi connectivity index (χ3v) is 11.2. The predicted molar refractivity (Wildman–Crippen MR) is 239 cm³/mol. The highest BCUT2D eigenvalue weighted by Gasteiger charge is 2.21. The van der Waals surface area contributed by atoms with E-state index in [1.165, 1.54) is 38.5 Å². The van der Waals surface area contributed by atoms with Crippen molar-refractivity contribution in [3.05, 3.63) is 218 Å². The molecule has 268 valence electrons. The first-order valence-electron chi connectivity index (χ1n) is 19.4. The summed E-state index contributed by atoms with van der Waals surface area (Å²) in [5.74, 6) is 0. The third kappa shape index (κ3) is 5.51. The van der Waals surface area contributed by atoms with Crippen LogP contribution in [0.2, 0.25) is 0 Å². The van der Waals surface area contributed by atoms with Crippen LogP contribution in [0.25, 0.3) is 82.8 Å². The maximum Gasteiger partial charge on any atom is 0.136 e. The predicted octanol–water partition coefficient (Wildman–Crippen LogP) is 15.2. The van der Waals surface area contributed by atoms with Gasteiger partial charge in [-0.05, 0) is 82.9 Å². The van der Waals surface area contributed by atoms with Gasteiger partial charge in [-0.25, -0.2) is 0 Å². The Kier molecular flexibility index (Phi) is 7.82. The van der Waals surface area contributed by atoms with Crippen molar-refractivity contribution in [1.82, 2.24) is 4.57 Å². The molecule has 0 fully saturated rings. The number of benzene rings is 9. The molecule has 2 aromatic heterocycles. The Balaban J connectivity index is 1.07. The molecule has 2 heterocycles. The van der Waals surface area contributed by atoms with Crippen molar-refractivity contribution in [1.29, 1.82) is 0 Å². The van der Waals surface area contributed by atoms with E-state index in [0.717, 1.165) is 61.4 Å². The average molecular weight is 729 g/mol. The fourth-order valence-electron chi connectivity index (χ4n) is 8.64. The van der Waals surface area contributed by atoms with Crippen molar-refractivity contribution in [2.45, 2.75) is 0 Å². The second-order valence-corrected chi connectivity index (χ2v) is 14.5. The maximum absolute atomic E-state index is 6.36. The smallest absolute Gasteiger partial charge is 0.136 e. The first-order valence-corrected chi connectivity index (χ1v) is 19.4. The monoisotopic (exact) mass is 728 g/mol. The summed E-state index contributed by atoms with van der Waals surface area (Å²) in [5.41, 5.74) is 15.5. The molecule has 0 amide bonds. The van der Waals surface area contributed by atoms with Crippen LogP contribution >= 0.6 is 0 Å². The van der Waals surface area contributed by atoms with Crippen LogP contribution in [-0.4, -0.2) is 4.57 Å². The molecule has 0 radical (unpaired) electrons. The molecule has 0 saturated heterocycles. The molecule has 0 aliphatic rings. The summed E-state index contributed by atoms with van der Waals surface area (Å²) in [7, 11) is 0. The first kappa shape index (κ1) is 32.8. The molecular formula is C54H36N2O. The van der Waals surface area contributed by atoms with Crippen LogP contribution in [-0.2, 0) is 0 Å². The van der Waals surface area contributed by atoms with E-state index >= 15 is 0 Å². The molecule has 0 unspecified atom stereocenters. The second kappa shape index (κ2) is 13.6. The molecule has 9 aromatic carbocycles. The van der Waals surface area contributed by atoms with Crippen molar-refractivity contribution >= 4 is 60.8 Å². The van der Waals surface area contributed by atoms with Crippen LogP contribution < -0.4 is 4.90 Å². The minimum atomic E-state index is 0.883. The molecule has 0 atom stereocenters. The highest BCUT2D eigenvalue weighted by atomic mass is 16.3. The summed E-state index contributed by atoms with van der Waals surface area (Å²) in [6, 6.07) is 78.1. The Morgan fingerprint density at radius 3 is 1.56 bits per heavy atom. The van der Waals surface area contributed by atoms with E-state index in [4.69, 9.17) is 4.42 Å². The number of anilines is 3. The summed E-state index contributed by atoms with van der Waals surface area (Å²) in [5, 5.41) is 4.75. The number of furan rings is 1. The normalized spacial score (nSPS) is 11.5. The third-order valence-electron chi connectivity index (χ3n) is 11.2. The molecule has 0 saturated carbocycles. The van der Waals surface area contributed by atoms with E-state index in [2.05, 4.69) is 216 Å². The summed E-state index contributed by atoms with van der Waals surface area (Å²) in [6.07, 6.45) is 0. The van der Waals surface area contributed by atoms with E-state index in [1.807, 2.05) is 12.1 Å². The molecule has 3 nitrogen and oxygen atoms in total. The SMILES string of the molecule is c1ccc(-c2ccc(N(c3ccc(-c4ccccc4-n4c5ccccc5c5ccccc54)cc3)c3ccccc3-c3cccc4oc5ccccc5c34)cc2)cc1. The van der Waals surface area contributed by atoms with Crippen molar-refractivity contribution < 1.29 is 4.42 Å². The van der Waals surface area contributed by atoms with Crippen molar-refractivity contribution in [2.24, 2.45) is 0 Å². The van der Waals surface area contributed by atoms with Crippen LogP contribution in [0.5, 0.6) is 0 Å². The van der Waals surface area contributed by atoms with Crippen molar-refractivity contribution in [3.8, 4) is 39.1 Å². The number of hydrogen-bond acceptors (Lipinski definition) is 2. The van der Waals surface area contributed by atoms with Gasteiger partial charge in [0, 0.05) is 44.0 Å². The van der Waals surface area contributed by atoms with E-state index in [-0.39, 0.29) is 0 Å². The van der Waals surface area contributed by atoms with E-state index < -0.39 is 0 Å². The average Bonchev–Trinajstić information content (AvgIpc) is 3.84. The summed E-state index contributed by atoms with van der Waals surface area (Å²) in [6.45, 7) is 0. The van der Waals surface area contributed by atoms with Gasteiger partial charge in [0.2, 0.25) is 0 Å². The lowest BCUT2D eigenvalue weighted by Gasteiger charge is -2.28. The van der Waals surface area contributed by atoms with Crippen molar-refractivity contribution in [2.75, 3.05) is 4.90 Å². The van der Waals surface area contributed by atoms with Gasteiger partial charge in [-0.3, -0.25) is 0 Å². The van der Waals surface area contributed by atoms with Gasteiger partial charge in [-0.1, -0.05) is 158 Å². The Hall–Kier alpha value is -7.62. The Morgan fingerprint density at radius 1 is 0.333 bits per heavy atom. The number of rotatable bonds is 7. The van der Waals surface area contributed by atoms with E-state index in [0.29, 0.717) is 0 Å². The molecule has 0 bridgehead atoms. The van der Waals surface area contributed by atoms with Gasteiger partial charge >= 0.3 is 0 Å². The van der Waals surface area contributed by atoms with Crippen LogP contribution in [0.4, 0.5) is 17.1 Å². The highest BCUT2D eigenvalue weighted by molar-refractivity contribution is 6.14. The first-order chi connectivity index (χ1) is 28.3. The van der Waals surface area contributed by atoms with Crippen LogP contribution in [0.1, 0.15) is 0 Å². The van der Waals surface area contributed by atoms with E-state index in [1.54, 1.807) is 0 Å². The molecule has 3 heteroatoms. The summed E-state index contributed by atoms with van der Waals surface area (Å²) in [4.78, 5) is 2.38. The standard InChI is InChI=1S/C54H36N2O/c1-2-15-37(16-3-1)38-29-33-40(34-30-38)55(49-24-10-7-20-45(49)46-22-14-28-53-54(46)47-21-8-13-27-52(47)57-53)41-35-31-39(32-36-41)42-17-4-9-23-48(42)56-50-25-11-5-18-43(50)44-19-6-12-26-51(44)56/h1-36H. The summed E-state index contributed by atoms with van der Waals surface area (Å²) >= 11 is 0. The Morgan fingerprint density at radius 2 is 0.842 bits per heavy atom. The second-order valence-electron chi connectivity index (χ2n) is 14.5. The maximum atomic E-state index is 6.36. The van der Waals surface area contributed by atoms with Gasteiger partial charge in [0.05, 0.1) is 22.4 Å². The number of para-hydroxylation sites is 5. The van der Waals surface area contributed by atoms with Gasteiger partial charge in [-0.2, -0.15) is 0 Å². The highest BCUT2D eigenvalue weighted by Crippen LogP contribution is 2.45. The molecular weight excluding hydrogens is 693 g/mol. The Labute approximate surface area is 330 Å². The molecule has 0 N–H and O–H groups in total. The zero-order valence-electron chi connectivity index (χ0n) is 31.1. The number of nitrogens with zero attached hydrogens (tertiary/aromatic N) is 2. The van der Waals surface area contributed by atoms with Crippen LogP contribution in [0.3, 0.4) is 0 Å². The molecule has 11 aromatic rings. The lowest BCUT2D eigenvalue weighted by atomic mass is 9.96. The minimum Gasteiger partial charge on any atom is -0.456 e. The van der Waals surface area contributed by atoms with Crippen molar-refractivity contribution in [3.63, 3.8) is 0 Å². The minimum absolute atomic E-state index is 0.883. The number of hydrogen-bond donors (Lipinski definition) is 0. The zero-order chi connectivity index (χ0) is 37.7. The zero-order valence-corrected chi connectivity index (χ0v) is 31.1. The fraction of sp³-hybridized carbons (Fsp3) is 0. The topological polar surface area (TPSA) is 21.3 Å². The lowest BCUT2D eigenvalue weighted by molar-refractivity contribution is 0.669. The fourth-order valence-corrected chi connectivity index (χ4v) is 8.64. The molecule has 11 rings (SSSR count).